The van der Waals surface area contributed by atoms with Gasteiger partial charge in [0.05, 0.1) is 10.9 Å². The molecule has 1 aromatic heterocycles. The summed E-state index contributed by atoms with van der Waals surface area (Å²) < 4.78 is 1.77. The predicted octanol–water partition coefficient (Wildman–Crippen LogP) is 3.57. The normalized spacial score (nSPS) is 13.2. The minimum Gasteiger partial charge on any atom is -0.305 e. The van der Waals surface area contributed by atoms with Gasteiger partial charge in [0.1, 0.15) is 5.82 Å². The molecule has 27 heavy (non-hydrogen) atoms. The van der Waals surface area contributed by atoms with Gasteiger partial charge in [-0.15, -0.1) is 6.58 Å². The zero-order valence-electron chi connectivity index (χ0n) is 15.1. The van der Waals surface area contributed by atoms with E-state index in [4.69, 9.17) is 0 Å². The monoisotopic (exact) mass is 359 g/mol. The van der Waals surface area contributed by atoms with Crippen molar-refractivity contribution in [1.82, 2.24) is 9.55 Å². The molecule has 5 heteroatoms. The largest absolute Gasteiger partial charge is 0.305 e. The van der Waals surface area contributed by atoms with Gasteiger partial charge >= 0.3 is 0 Å². The van der Waals surface area contributed by atoms with Gasteiger partial charge in [0.2, 0.25) is 0 Å². The van der Waals surface area contributed by atoms with Crippen LogP contribution >= 0.6 is 0 Å². The SMILES string of the molecule is C=CCN(C(=O)c1ccc2c(=O)n3c(nc2c1)CCCC3)c1ccccc1. The van der Waals surface area contributed by atoms with E-state index >= 15 is 0 Å². The Kier molecular flexibility index (Phi) is 4.59. The van der Waals surface area contributed by atoms with E-state index in [0.29, 0.717) is 23.0 Å². The van der Waals surface area contributed by atoms with Crippen molar-refractivity contribution in [2.75, 3.05) is 11.4 Å². The summed E-state index contributed by atoms with van der Waals surface area (Å²) in [7, 11) is 0. The number of rotatable bonds is 4. The topological polar surface area (TPSA) is 55.2 Å². The highest BCUT2D eigenvalue weighted by atomic mass is 16.2. The Balaban J connectivity index is 1.77. The summed E-state index contributed by atoms with van der Waals surface area (Å²) in [5, 5.41) is 0.562. The first-order chi connectivity index (χ1) is 13.2. The van der Waals surface area contributed by atoms with Crippen LogP contribution in [-0.2, 0) is 13.0 Å². The Morgan fingerprint density at radius 3 is 2.78 bits per heavy atom. The third-order valence-electron chi connectivity index (χ3n) is 4.94. The van der Waals surface area contributed by atoms with Gasteiger partial charge in [0.15, 0.2) is 0 Å². The van der Waals surface area contributed by atoms with Gasteiger partial charge in [0, 0.05) is 30.8 Å². The lowest BCUT2D eigenvalue weighted by molar-refractivity contribution is 0.0990. The van der Waals surface area contributed by atoms with Crippen LogP contribution in [0, 0.1) is 0 Å². The van der Waals surface area contributed by atoms with Gasteiger partial charge in [0.25, 0.3) is 11.5 Å². The van der Waals surface area contributed by atoms with Gasteiger partial charge in [-0.05, 0) is 43.2 Å². The molecule has 5 nitrogen and oxygen atoms in total. The van der Waals surface area contributed by atoms with E-state index in [1.165, 1.54) is 0 Å². The van der Waals surface area contributed by atoms with Crippen LogP contribution in [0.1, 0.15) is 29.0 Å². The van der Waals surface area contributed by atoms with E-state index < -0.39 is 0 Å². The fraction of sp³-hybridized carbons (Fsp3) is 0.227. The lowest BCUT2D eigenvalue weighted by Crippen LogP contribution is -2.31. The summed E-state index contributed by atoms with van der Waals surface area (Å²) >= 11 is 0. The summed E-state index contributed by atoms with van der Waals surface area (Å²) in [6.45, 7) is 4.89. The predicted molar refractivity (Wildman–Crippen MR) is 107 cm³/mol. The van der Waals surface area contributed by atoms with Crippen molar-refractivity contribution in [1.29, 1.82) is 0 Å². The van der Waals surface area contributed by atoms with E-state index in [-0.39, 0.29) is 11.5 Å². The summed E-state index contributed by atoms with van der Waals surface area (Å²) in [6, 6.07) is 14.7. The van der Waals surface area contributed by atoms with Crippen LogP contribution in [0.3, 0.4) is 0 Å². The van der Waals surface area contributed by atoms with E-state index in [1.807, 2.05) is 30.3 Å². The summed E-state index contributed by atoms with van der Waals surface area (Å²) in [5.74, 6) is 0.678. The number of fused-ring (bicyclic) bond motifs is 2. The minimum atomic E-state index is -0.136. The Morgan fingerprint density at radius 2 is 2.00 bits per heavy atom. The molecule has 4 rings (SSSR count). The van der Waals surface area contributed by atoms with Gasteiger partial charge in [-0.25, -0.2) is 4.98 Å². The molecule has 0 fully saturated rings. The van der Waals surface area contributed by atoms with E-state index in [9.17, 15) is 9.59 Å². The molecule has 0 bridgehead atoms. The van der Waals surface area contributed by atoms with Crippen molar-refractivity contribution in [3.8, 4) is 0 Å². The number of amides is 1. The molecular formula is C22H21N3O2. The van der Waals surface area contributed by atoms with Crippen LogP contribution in [0.15, 0.2) is 66.0 Å². The third kappa shape index (κ3) is 3.16. The second-order valence-electron chi connectivity index (χ2n) is 6.71. The average molecular weight is 359 g/mol. The molecule has 0 N–H and O–H groups in total. The molecule has 0 saturated heterocycles. The minimum absolute atomic E-state index is 0.0142. The lowest BCUT2D eigenvalue weighted by atomic mass is 10.1. The quantitative estimate of drug-likeness (QED) is 0.669. The molecule has 2 heterocycles. The molecular weight excluding hydrogens is 338 g/mol. The third-order valence-corrected chi connectivity index (χ3v) is 4.94. The summed E-state index contributed by atoms with van der Waals surface area (Å²) in [5.41, 5.74) is 1.90. The zero-order chi connectivity index (χ0) is 18.8. The first kappa shape index (κ1) is 17.2. The number of hydrogen-bond acceptors (Lipinski definition) is 3. The number of aromatic nitrogens is 2. The Bertz CT molecular complexity index is 1070. The van der Waals surface area contributed by atoms with Gasteiger partial charge in [-0.1, -0.05) is 24.3 Å². The maximum absolute atomic E-state index is 13.1. The Morgan fingerprint density at radius 1 is 1.19 bits per heavy atom. The molecule has 0 saturated carbocycles. The van der Waals surface area contributed by atoms with Crippen LogP contribution in [0.2, 0.25) is 0 Å². The number of aryl methyl sites for hydroxylation is 1. The van der Waals surface area contributed by atoms with Crippen molar-refractivity contribution in [2.45, 2.75) is 25.8 Å². The summed E-state index contributed by atoms with van der Waals surface area (Å²) in [4.78, 5) is 32.2. The second kappa shape index (κ2) is 7.19. The number of carbonyl (C=O) groups is 1. The fourth-order valence-corrected chi connectivity index (χ4v) is 3.57. The van der Waals surface area contributed by atoms with Gasteiger partial charge < -0.3 is 4.90 Å². The van der Waals surface area contributed by atoms with E-state index in [2.05, 4.69) is 11.6 Å². The van der Waals surface area contributed by atoms with Crippen LogP contribution in [0.25, 0.3) is 10.9 Å². The molecule has 0 aliphatic carbocycles. The van der Waals surface area contributed by atoms with Gasteiger partial charge in [-0.3, -0.25) is 14.2 Å². The molecule has 2 aromatic carbocycles. The van der Waals surface area contributed by atoms with Crippen LogP contribution < -0.4 is 10.5 Å². The maximum atomic E-state index is 13.1. The van der Waals surface area contributed by atoms with Crippen molar-refractivity contribution >= 4 is 22.5 Å². The highest BCUT2D eigenvalue weighted by molar-refractivity contribution is 6.07. The Hall–Kier alpha value is -3.21. The first-order valence-corrected chi connectivity index (χ1v) is 9.20. The molecule has 1 amide bonds. The molecule has 0 radical (unpaired) electrons. The number of anilines is 1. The molecule has 3 aromatic rings. The van der Waals surface area contributed by atoms with Crippen LogP contribution in [0.4, 0.5) is 5.69 Å². The van der Waals surface area contributed by atoms with E-state index in [1.54, 1.807) is 33.7 Å². The van der Waals surface area contributed by atoms with Gasteiger partial charge in [-0.2, -0.15) is 0 Å². The standard InChI is InChI=1S/C22H21N3O2/c1-2-13-24(17-8-4-3-5-9-17)21(26)16-11-12-18-19(15-16)23-20-10-6-7-14-25(20)22(18)27/h2-5,8-9,11-12,15H,1,6-7,10,13-14H2. The van der Waals surface area contributed by atoms with Crippen molar-refractivity contribution in [3.05, 3.63) is 82.9 Å². The van der Waals surface area contributed by atoms with Crippen molar-refractivity contribution in [2.24, 2.45) is 0 Å². The lowest BCUT2D eigenvalue weighted by Gasteiger charge is -2.22. The zero-order valence-corrected chi connectivity index (χ0v) is 15.1. The number of hydrogen-bond donors (Lipinski definition) is 0. The number of nitrogens with zero attached hydrogens (tertiary/aromatic N) is 3. The van der Waals surface area contributed by atoms with Crippen molar-refractivity contribution < 1.29 is 4.79 Å². The summed E-state index contributed by atoms with van der Waals surface area (Å²) in [6.07, 6.45) is 4.55. The Labute approximate surface area is 157 Å². The first-order valence-electron chi connectivity index (χ1n) is 9.20. The highest BCUT2D eigenvalue weighted by Crippen LogP contribution is 2.20. The smallest absolute Gasteiger partial charge is 0.261 e. The molecule has 1 aliphatic heterocycles. The van der Waals surface area contributed by atoms with Crippen molar-refractivity contribution in [3.63, 3.8) is 0 Å². The van der Waals surface area contributed by atoms with Crippen LogP contribution in [-0.4, -0.2) is 22.0 Å². The molecule has 0 atom stereocenters. The maximum Gasteiger partial charge on any atom is 0.261 e. The fourth-order valence-electron chi connectivity index (χ4n) is 3.57. The average Bonchev–Trinajstić information content (AvgIpc) is 2.72. The number of carbonyl (C=O) groups excluding carboxylic acids is 1. The van der Waals surface area contributed by atoms with Crippen LogP contribution in [0.5, 0.6) is 0 Å². The number of para-hydroxylation sites is 1. The molecule has 0 unspecified atom stereocenters. The molecule has 136 valence electrons. The molecule has 1 aliphatic rings. The molecule has 0 spiro atoms. The number of benzene rings is 2. The highest BCUT2D eigenvalue weighted by Gasteiger charge is 2.19. The second-order valence-corrected chi connectivity index (χ2v) is 6.71. The van der Waals surface area contributed by atoms with E-state index in [0.717, 1.165) is 37.3 Å².